The molecule has 0 fully saturated rings. The SMILES string of the molecule is CC(C)CN(Cc1nnsc1NN)CC(C)C. The molecule has 98 valence electrons. The zero-order valence-electron chi connectivity index (χ0n) is 11.1. The van der Waals surface area contributed by atoms with Crippen molar-refractivity contribution in [2.24, 2.45) is 17.7 Å². The van der Waals surface area contributed by atoms with Gasteiger partial charge < -0.3 is 5.43 Å². The quantitative estimate of drug-likeness (QED) is 0.577. The summed E-state index contributed by atoms with van der Waals surface area (Å²) in [7, 11) is 0. The molecule has 17 heavy (non-hydrogen) atoms. The van der Waals surface area contributed by atoms with Gasteiger partial charge in [0.25, 0.3) is 0 Å². The molecule has 0 radical (unpaired) electrons. The van der Waals surface area contributed by atoms with Gasteiger partial charge in [0.2, 0.25) is 0 Å². The first-order valence-electron chi connectivity index (χ1n) is 6.03. The number of anilines is 1. The maximum Gasteiger partial charge on any atom is 0.148 e. The number of aromatic nitrogens is 2. The molecule has 0 aliphatic carbocycles. The van der Waals surface area contributed by atoms with Gasteiger partial charge in [-0.2, -0.15) is 0 Å². The largest absolute Gasteiger partial charge is 0.313 e. The van der Waals surface area contributed by atoms with Crippen LogP contribution in [0.4, 0.5) is 5.00 Å². The van der Waals surface area contributed by atoms with Gasteiger partial charge >= 0.3 is 0 Å². The Bertz CT molecular complexity index is 313. The molecule has 0 bridgehead atoms. The second kappa shape index (κ2) is 6.88. The summed E-state index contributed by atoms with van der Waals surface area (Å²) in [5, 5.41) is 4.99. The van der Waals surface area contributed by atoms with Crippen LogP contribution >= 0.6 is 11.5 Å². The molecule has 0 atom stereocenters. The van der Waals surface area contributed by atoms with Crippen molar-refractivity contribution in [1.82, 2.24) is 14.5 Å². The van der Waals surface area contributed by atoms with Crippen LogP contribution in [0.5, 0.6) is 0 Å². The van der Waals surface area contributed by atoms with Crippen LogP contribution in [0.2, 0.25) is 0 Å². The van der Waals surface area contributed by atoms with Crippen molar-refractivity contribution >= 4 is 16.5 Å². The first-order chi connectivity index (χ1) is 8.02. The summed E-state index contributed by atoms with van der Waals surface area (Å²) in [6.07, 6.45) is 0. The average molecular weight is 257 g/mol. The van der Waals surface area contributed by atoms with Crippen molar-refractivity contribution in [2.75, 3.05) is 18.5 Å². The summed E-state index contributed by atoms with van der Waals surface area (Å²) in [6.45, 7) is 11.9. The predicted molar refractivity (Wildman–Crippen MR) is 72.7 cm³/mol. The Morgan fingerprint density at radius 3 is 2.29 bits per heavy atom. The van der Waals surface area contributed by atoms with E-state index in [4.69, 9.17) is 5.84 Å². The lowest BCUT2D eigenvalue weighted by Gasteiger charge is -2.25. The summed E-state index contributed by atoms with van der Waals surface area (Å²) in [6, 6.07) is 0. The van der Waals surface area contributed by atoms with Gasteiger partial charge in [0, 0.05) is 31.2 Å². The molecule has 5 nitrogen and oxygen atoms in total. The minimum absolute atomic E-state index is 0.648. The average Bonchev–Trinajstić information content (AvgIpc) is 2.62. The van der Waals surface area contributed by atoms with Crippen LogP contribution in [0.25, 0.3) is 0 Å². The second-order valence-corrected chi connectivity index (χ2v) is 5.93. The predicted octanol–water partition coefficient (Wildman–Crippen LogP) is 1.94. The minimum atomic E-state index is 0.648. The highest BCUT2D eigenvalue weighted by atomic mass is 32.1. The molecule has 0 aliphatic heterocycles. The molecule has 1 heterocycles. The maximum atomic E-state index is 5.44. The van der Waals surface area contributed by atoms with E-state index in [1.54, 1.807) is 0 Å². The van der Waals surface area contributed by atoms with Crippen LogP contribution < -0.4 is 11.3 Å². The Kier molecular flexibility index (Phi) is 5.80. The lowest BCUT2D eigenvalue weighted by Crippen LogP contribution is -2.31. The maximum absolute atomic E-state index is 5.44. The first-order valence-corrected chi connectivity index (χ1v) is 6.80. The van der Waals surface area contributed by atoms with Crippen LogP contribution in [-0.4, -0.2) is 27.6 Å². The minimum Gasteiger partial charge on any atom is -0.313 e. The van der Waals surface area contributed by atoms with Gasteiger partial charge in [-0.05, 0) is 11.8 Å². The third-order valence-corrected chi connectivity index (χ3v) is 3.01. The molecule has 0 spiro atoms. The van der Waals surface area contributed by atoms with E-state index >= 15 is 0 Å². The van der Waals surface area contributed by atoms with E-state index in [9.17, 15) is 0 Å². The zero-order chi connectivity index (χ0) is 12.8. The van der Waals surface area contributed by atoms with Crippen molar-refractivity contribution in [3.63, 3.8) is 0 Å². The van der Waals surface area contributed by atoms with Crippen molar-refractivity contribution in [1.29, 1.82) is 0 Å². The van der Waals surface area contributed by atoms with Gasteiger partial charge in [-0.1, -0.05) is 32.2 Å². The molecular weight excluding hydrogens is 234 g/mol. The number of nitrogens with zero attached hydrogens (tertiary/aromatic N) is 3. The molecule has 3 N–H and O–H groups in total. The lowest BCUT2D eigenvalue weighted by atomic mass is 10.1. The van der Waals surface area contributed by atoms with Gasteiger partial charge in [0.1, 0.15) is 10.7 Å². The van der Waals surface area contributed by atoms with Gasteiger partial charge in [0.05, 0.1) is 0 Å². The van der Waals surface area contributed by atoms with Crippen molar-refractivity contribution in [3.05, 3.63) is 5.69 Å². The monoisotopic (exact) mass is 257 g/mol. The summed E-state index contributed by atoms with van der Waals surface area (Å²) in [5.74, 6) is 6.73. The van der Waals surface area contributed by atoms with Crippen LogP contribution in [-0.2, 0) is 6.54 Å². The number of nitrogen functional groups attached to an aromatic ring is 1. The summed E-state index contributed by atoms with van der Waals surface area (Å²) in [4.78, 5) is 2.41. The molecule has 0 aromatic carbocycles. The number of nitrogens with one attached hydrogen (secondary N) is 1. The van der Waals surface area contributed by atoms with E-state index in [0.29, 0.717) is 11.8 Å². The van der Waals surface area contributed by atoms with Crippen molar-refractivity contribution in [2.45, 2.75) is 34.2 Å². The number of nitrogens with two attached hydrogens (primary N) is 1. The van der Waals surface area contributed by atoms with Crippen LogP contribution in [0, 0.1) is 11.8 Å². The Hall–Kier alpha value is -0.720. The highest BCUT2D eigenvalue weighted by Crippen LogP contribution is 2.19. The molecule has 0 aliphatic rings. The Morgan fingerprint density at radius 2 is 1.82 bits per heavy atom. The number of hydrogen-bond donors (Lipinski definition) is 2. The van der Waals surface area contributed by atoms with Gasteiger partial charge in [-0.25, -0.2) is 5.84 Å². The smallest absolute Gasteiger partial charge is 0.148 e. The van der Waals surface area contributed by atoms with Crippen LogP contribution in [0.15, 0.2) is 0 Å². The van der Waals surface area contributed by atoms with Crippen molar-refractivity contribution in [3.8, 4) is 0 Å². The third-order valence-electron chi connectivity index (χ3n) is 2.31. The van der Waals surface area contributed by atoms with Crippen LogP contribution in [0.1, 0.15) is 33.4 Å². The van der Waals surface area contributed by atoms with E-state index in [2.05, 4.69) is 47.6 Å². The molecule has 1 aromatic rings. The molecule has 1 rings (SSSR count). The summed E-state index contributed by atoms with van der Waals surface area (Å²) < 4.78 is 3.93. The summed E-state index contributed by atoms with van der Waals surface area (Å²) in [5.41, 5.74) is 3.60. The van der Waals surface area contributed by atoms with E-state index in [1.165, 1.54) is 11.5 Å². The number of rotatable bonds is 7. The third kappa shape index (κ3) is 4.97. The van der Waals surface area contributed by atoms with E-state index in [1.807, 2.05) is 0 Å². The fourth-order valence-electron chi connectivity index (χ4n) is 1.87. The highest BCUT2D eigenvalue weighted by molar-refractivity contribution is 7.10. The topological polar surface area (TPSA) is 67.1 Å². The molecule has 0 unspecified atom stereocenters. The molecule has 6 heteroatoms. The summed E-state index contributed by atoms with van der Waals surface area (Å²) >= 11 is 1.31. The van der Waals surface area contributed by atoms with Gasteiger partial charge in [0.15, 0.2) is 0 Å². The highest BCUT2D eigenvalue weighted by Gasteiger charge is 2.14. The molecular formula is C11H23N5S. The fraction of sp³-hybridized carbons (Fsp3) is 0.818. The Balaban J connectivity index is 2.64. The second-order valence-electron chi connectivity index (χ2n) is 5.17. The Labute approximate surface area is 108 Å². The van der Waals surface area contributed by atoms with Gasteiger partial charge in [-0.15, -0.1) is 5.10 Å². The van der Waals surface area contributed by atoms with E-state index in [-0.39, 0.29) is 0 Å². The number of hydrazine groups is 1. The molecule has 0 saturated carbocycles. The molecule has 0 amide bonds. The number of hydrogen-bond acceptors (Lipinski definition) is 6. The van der Waals surface area contributed by atoms with E-state index in [0.717, 1.165) is 30.3 Å². The standard InChI is InChI=1S/C11H23N5S/c1-8(2)5-16(6-9(3)4)7-10-11(13-12)17-15-14-10/h8-9,13H,5-7,12H2,1-4H3. The molecule has 1 aromatic heterocycles. The van der Waals surface area contributed by atoms with Gasteiger partial charge in [-0.3, -0.25) is 4.90 Å². The van der Waals surface area contributed by atoms with Crippen LogP contribution in [0.3, 0.4) is 0 Å². The zero-order valence-corrected chi connectivity index (χ0v) is 11.9. The normalized spacial score (nSPS) is 11.8. The first kappa shape index (κ1) is 14.3. The van der Waals surface area contributed by atoms with E-state index < -0.39 is 0 Å². The lowest BCUT2D eigenvalue weighted by molar-refractivity contribution is 0.209. The molecule has 0 saturated heterocycles. The van der Waals surface area contributed by atoms with Crippen molar-refractivity contribution < 1.29 is 0 Å². The fourth-order valence-corrected chi connectivity index (χ4v) is 2.35. The Morgan fingerprint density at radius 1 is 1.24 bits per heavy atom.